The van der Waals surface area contributed by atoms with Gasteiger partial charge in [-0.1, -0.05) is 29.8 Å². The quantitative estimate of drug-likeness (QED) is 0.549. The van der Waals surface area contributed by atoms with Gasteiger partial charge in [0.15, 0.2) is 5.76 Å². The predicted molar refractivity (Wildman–Crippen MR) is 120 cm³/mol. The Kier molecular flexibility index (Phi) is 4.77. The van der Waals surface area contributed by atoms with Crippen LogP contribution < -0.4 is 0 Å². The van der Waals surface area contributed by atoms with E-state index < -0.39 is 0 Å². The number of aromatic nitrogens is 1. The van der Waals surface area contributed by atoms with Gasteiger partial charge in [-0.25, -0.2) is 0 Å². The molecule has 6 heteroatoms. The third kappa shape index (κ3) is 3.58. The van der Waals surface area contributed by atoms with E-state index in [-0.39, 0.29) is 11.8 Å². The number of rotatable bonds is 3. The van der Waals surface area contributed by atoms with Crippen molar-refractivity contribution in [3.8, 4) is 0 Å². The van der Waals surface area contributed by atoms with Gasteiger partial charge in [0, 0.05) is 48.2 Å². The molecule has 6 nitrogen and oxygen atoms in total. The maximum atomic E-state index is 13.0. The number of H-pyrrole nitrogens is 1. The van der Waals surface area contributed by atoms with Crippen LogP contribution in [0.3, 0.4) is 0 Å². The van der Waals surface area contributed by atoms with Crippen molar-refractivity contribution in [1.29, 1.82) is 0 Å². The van der Waals surface area contributed by atoms with Gasteiger partial charge in [0.1, 0.15) is 5.58 Å². The van der Waals surface area contributed by atoms with Crippen LogP contribution in [0.2, 0.25) is 0 Å². The van der Waals surface area contributed by atoms with E-state index in [1.54, 1.807) is 11.0 Å². The zero-order chi connectivity index (χ0) is 21.5. The van der Waals surface area contributed by atoms with Gasteiger partial charge < -0.3 is 19.2 Å². The second-order valence-corrected chi connectivity index (χ2v) is 8.28. The summed E-state index contributed by atoms with van der Waals surface area (Å²) in [4.78, 5) is 32.9. The largest absolute Gasteiger partial charge is 0.451 e. The topological polar surface area (TPSA) is 69.6 Å². The Morgan fingerprint density at radius 2 is 1.71 bits per heavy atom. The molecule has 2 aromatic carbocycles. The van der Waals surface area contributed by atoms with Gasteiger partial charge in [0.25, 0.3) is 5.91 Å². The van der Waals surface area contributed by atoms with E-state index in [1.165, 1.54) is 5.56 Å². The minimum atomic E-state index is -0.119. The summed E-state index contributed by atoms with van der Waals surface area (Å²) in [5.41, 5.74) is 5.05. The summed E-state index contributed by atoms with van der Waals surface area (Å²) in [5, 5.41) is 2.04. The summed E-state index contributed by atoms with van der Waals surface area (Å²) in [5.74, 6) is 0.332. The minimum absolute atomic E-state index is 0.0985. The van der Waals surface area contributed by atoms with Crippen molar-refractivity contribution in [3.63, 3.8) is 0 Å². The SMILES string of the molecule is Cc1ccc2[nH]c(C)c(CC(=O)N3CCN(C(=O)c4cc5ccccc5o4)CC3)c2c1. The first-order chi connectivity index (χ1) is 15.0. The lowest BCUT2D eigenvalue weighted by molar-refractivity contribution is -0.131. The highest BCUT2D eigenvalue weighted by atomic mass is 16.3. The first-order valence-corrected chi connectivity index (χ1v) is 10.6. The standard InChI is InChI=1S/C25H25N3O3/c1-16-7-8-21-20(13-16)19(17(2)26-21)15-24(29)27-9-11-28(12-10-27)25(30)23-14-18-5-3-4-6-22(18)31-23/h3-8,13-14,26H,9-12,15H2,1-2H3. The number of carbonyl (C=O) groups is 2. The van der Waals surface area contributed by atoms with Crippen LogP contribution in [-0.2, 0) is 11.2 Å². The summed E-state index contributed by atoms with van der Waals surface area (Å²) >= 11 is 0. The average molecular weight is 415 g/mol. The van der Waals surface area contributed by atoms with E-state index in [2.05, 4.69) is 30.1 Å². The summed E-state index contributed by atoms with van der Waals surface area (Å²) in [6.07, 6.45) is 0.368. The normalized spacial score (nSPS) is 14.5. The number of aromatic amines is 1. The highest BCUT2D eigenvalue weighted by Crippen LogP contribution is 2.25. The molecule has 0 radical (unpaired) electrons. The molecule has 3 heterocycles. The molecule has 4 aromatic rings. The Morgan fingerprint density at radius 1 is 0.968 bits per heavy atom. The fourth-order valence-electron chi connectivity index (χ4n) is 4.39. The Labute approximate surface area is 180 Å². The molecule has 2 amide bonds. The second kappa shape index (κ2) is 7.61. The lowest BCUT2D eigenvalue weighted by Crippen LogP contribution is -2.51. The van der Waals surface area contributed by atoms with Crippen LogP contribution >= 0.6 is 0 Å². The van der Waals surface area contributed by atoms with E-state index in [0.717, 1.165) is 27.5 Å². The number of benzene rings is 2. The number of hydrogen-bond donors (Lipinski definition) is 1. The Morgan fingerprint density at radius 3 is 2.48 bits per heavy atom. The number of amides is 2. The first kappa shape index (κ1) is 19.4. The molecule has 0 saturated carbocycles. The molecule has 1 saturated heterocycles. The maximum absolute atomic E-state index is 13.0. The molecule has 0 unspecified atom stereocenters. The fourth-order valence-corrected chi connectivity index (χ4v) is 4.39. The highest BCUT2D eigenvalue weighted by molar-refractivity contribution is 5.96. The van der Waals surface area contributed by atoms with E-state index >= 15 is 0 Å². The smallest absolute Gasteiger partial charge is 0.289 e. The third-order valence-corrected chi connectivity index (χ3v) is 6.16. The van der Waals surface area contributed by atoms with Crippen molar-refractivity contribution < 1.29 is 14.0 Å². The second-order valence-electron chi connectivity index (χ2n) is 8.28. The van der Waals surface area contributed by atoms with Gasteiger partial charge in [0.2, 0.25) is 5.91 Å². The number of carbonyl (C=O) groups excluding carboxylic acids is 2. The van der Waals surface area contributed by atoms with Gasteiger partial charge in [-0.3, -0.25) is 9.59 Å². The monoisotopic (exact) mass is 415 g/mol. The zero-order valence-corrected chi connectivity index (χ0v) is 17.8. The lowest BCUT2D eigenvalue weighted by Gasteiger charge is -2.34. The van der Waals surface area contributed by atoms with Gasteiger partial charge in [-0.2, -0.15) is 0 Å². The highest BCUT2D eigenvalue weighted by Gasteiger charge is 2.27. The first-order valence-electron chi connectivity index (χ1n) is 10.6. The summed E-state index contributed by atoms with van der Waals surface area (Å²) in [6.45, 7) is 6.16. The molecule has 1 N–H and O–H groups in total. The van der Waals surface area contributed by atoms with Gasteiger partial charge in [0.05, 0.1) is 6.42 Å². The molecular formula is C25H25N3O3. The van der Waals surface area contributed by atoms with Crippen molar-refractivity contribution in [2.75, 3.05) is 26.2 Å². The van der Waals surface area contributed by atoms with Crippen LogP contribution in [0.15, 0.2) is 52.9 Å². The molecule has 1 fully saturated rings. The minimum Gasteiger partial charge on any atom is -0.451 e. The number of para-hydroxylation sites is 1. The van der Waals surface area contributed by atoms with E-state index in [0.29, 0.717) is 43.9 Å². The van der Waals surface area contributed by atoms with Crippen molar-refractivity contribution in [3.05, 3.63) is 71.1 Å². The molecule has 0 spiro atoms. The molecule has 5 rings (SSSR count). The average Bonchev–Trinajstić information content (AvgIpc) is 3.34. The molecule has 1 aliphatic rings. The third-order valence-electron chi connectivity index (χ3n) is 6.16. The molecular weight excluding hydrogens is 390 g/mol. The number of hydrogen-bond acceptors (Lipinski definition) is 3. The summed E-state index contributed by atoms with van der Waals surface area (Å²) in [7, 11) is 0. The van der Waals surface area contributed by atoms with Crippen molar-refractivity contribution in [2.45, 2.75) is 20.3 Å². The number of fused-ring (bicyclic) bond motifs is 2. The van der Waals surface area contributed by atoms with Crippen LogP contribution in [0.5, 0.6) is 0 Å². The van der Waals surface area contributed by atoms with Gasteiger partial charge in [-0.15, -0.1) is 0 Å². The summed E-state index contributed by atoms with van der Waals surface area (Å²) in [6, 6.07) is 15.7. The molecule has 0 aliphatic carbocycles. The van der Waals surface area contributed by atoms with Crippen LogP contribution in [0, 0.1) is 13.8 Å². The summed E-state index contributed by atoms with van der Waals surface area (Å²) < 4.78 is 5.72. The van der Waals surface area contributed by atoms with E-state index in [4.69, 9.17) is 4.42 Å². The molecule has 31 heavy (non-hydrogen) atoms. The van der Waals surface area contributed by atoms with Crippen molar-refractivity contribution in [1.82, 2.24) is 14.8 Å². The number of furan rings is 1. The number of nitrogens with zero attached hydrogens (tertiary/aromatic N) is 2. The Hall–Kier alpha value is -3.54. The zero-order valence-electron chi connectivity index (χ0n) is 17.8. The van der Waals surface area contributed by atoms with Crippen LogP contribution in [0.1, 0.15) is 27.4 Å². The van der Waals surface area contributed by atoms with Gasteiger partial charge in [-0.05, 0) is 43.7 Å². The van der Waals surface area contributed by atoms with Gasteiger partial charge >= 0.3 is 0 Å². The number of aryl methyl sites for hydroxylation is 2. The number of piperazine rings is 1. The number of nitrogens with one attached hydrogen (secondary N) is 1. The Bertz CT molecular complexity index is 1260. The molecule has 158 valence electrons. The Balaban J connectivity index is 1.25. The van der Waals surface area contributed by atoms with Crippen molar-refractivity contribution in [2.24, 2.45) is 0 Å². The molecule has 1 aliphatic heterocycles. The lowest BCUT2D eigenvalue weighted by atomic mass is 10.0. The van der Waals surface area contributed by atoms with E-state index in [9.17, 15) is 9.59 Å². The molecule has 0 atom stereocenters. The van der Waals surface area contributed by atoms with Crippen LogP contribution in [0.4, 0.5) is 0 Å². The fraction of sp³-hybridized carbons (Fsp3) is 0.280. The molecule has 2 aromatic heterocycles. The maximum Gasteiger partial charge on any atom is 0.289 e. The van der Waals surface area contributed by atoms with Crippen LogP contribution in [0.25, 0.3) is 21.9 Å². The van der Waals surface area contributed by atoms with Crippen molar-refractivity contribution >= 4 is 33.7 Å². The molecule has 0 bridgehead atoms. The predicted octanol–water partition coefficient (Wildman–Crippen LogP) is 4.06. The van der Waals surface area contributed by atoms with E-state index in [1.807, 2.05) is 36.1 Å². The van der Waals surface area contributed by atoms with Crippen LogP contribution in [-0.4, -0.2) is 52.8 Å².